The Labute approximate surface area is 118 Å². The Morgan fingerprint density at radius 2 is 2.42 bits per heavy atom. The van der Waals surface area contributed by atoms with Gasteiger partial charge in [0.25, 0.3) is 0 Å². The number of nitrogens with zero attached hydrogens (tertiary/aromatic N) is 1. The van der Waals surface area contributed by atoms with Crippen LogP contribution in [0.15, 0.2) is 0 Å². The van der Waals surface area contributed by atoms with E-state index in [2.05, 4.69) is 22.5 Å². The third kappa shape index (κ3) is 2.82. The fraction of sp³-hybridized carbons (Fsp3) is 0.714. The van der Waals surface area contributed by atoms with Crippen LogP contribution in [-0.2, 0) is 17.6 Å². The molecule has 1 saturated heterocycles. The SMILES string of the molecule is CCC1CCNC(C(=O)Nc2nc3c(s2)CCC3)C1. The normalized spacial score (nSPS) is 26.2. The molecule has 1 aromatic heterocycles. The van der Waals surface area contributed by atoms with Crippen molar-refractivity contribution in [2.45, 2.75) is 51.5 Å². The van der Waals surface area contributed by atoms with Gasteiger partial charge in [0.15, 0.2) is 5.13 Å². The van der Waals surface area contributed by atoms with Gasteiger partial charge in [0.1, 0.15) is 0 Å². The van der Waals surface area contributed by atoms with Crippen LogP contribution in [0.2, 0.25) is 0 Å². The first-order valence-corrected chi connectivity index (χ1v) is 8.10. The van der Waals surface area contributed by atoms with Gasteiger partial charge in [-0.15, -0.1) is 11.3 Å². The molecule has 5 heteroatoms. The van der Waals surface area contributed by atoms with Gasteiger partial charge in [-0.05, 0) is 44.6 Å². The van der Waals surface area contributed by atoms with Gasteiger partial charge in [-0.25, -0.2) is 4.98 Å². The number of aromatic nitrogens is 1. The number of fused-ring (bicyclic) bond motifs is 1. The monoisotopic (exact) mass is 279 g/mol. The Bertz CT molecular complexity index is 450. The minimum absolute atomic E-state index is 0.0440. The average Bonchev–Trinajstić information content (AvgIpc) is 2.99. The number of aryl methyl sites for hydroxylation is 2. The van der Waals surface area contributed by atoms with Crippen LogP contribution >= 0.6 is 11.3 Å². The third-order valence-electron chi connectivity index (χ3n) is 4.23. The average molecular weight is 279 g/mol. The summed E-state index contributed by atoms with van der Waals surface area (Å²) in [7, 11) is 0. The molecule has 1 aliphatic carbocycles. The van der Waals surface area contributed by atoms with Gasteiger partial charge in [0.2, 0.25) is 5.91 Å². The summed E-state index contributed by atoms with van der Waals surface area (Å²) < 4.78 is 0. The van der Waals surface area contributed by atoms with Crippen molar-refractivity contribution in [3.8, 4) is 0 Å². The Hall–Kier alpha value is -0.940. The topological polar surface area (TPSA) is 54.0 Å². The maximum absolute atomic E-state index is 12.2. The number of nitrogens with one attached hydrogen (secondary N) is 2. The zero-order chi connectivity index (χ0) is 13.2. The molecule has 0 saturated carbocycles. The number of thiazole rings is 1. The Kier molecular flexibility index (Phi) is 3.84. The molecule has 0 aromatic carbocycles. The lowest BCUT2D eigenvalue weighted by atomic mass is 9.90. The lowest BCUT2D eigenvalue weighted by molar-refractivity contribution is -0.119. The molecule has 1 amide bonds. The maximum atomic E-state index is 12.2. The number of carbonyl (C=O) groups is 1. The zero-order valence-electron chi connectivity index (χ0n) is 11.4. The van der Waals surface area contributed by atoms with Crippen molar-refractivity contribution in [3.05, 3.63) is 10.6 Å². The second-order valence-corrected chi connectivity index (χ2v) is 6.62. The van der Waals surface area contributed by atoms with Crippen molar-refractivity contribution in [1.29, 1.82) is 0 Å². The van der Waals surface area contributed by atoms with Crippen LogP contribution in [0.25, 0.3) is 0 Å². The number of amides is 1. The van der Waals surface area contributed by atoms with E-state index in [9.17, 15) is 4.79 Å². The number of anilines is 1. The van der Waals surface area contributed by atoms with E-state index in [-0.39, 0.29) is 11.9 Å². The molecule has 2 N–H and O–H groups in total. The third-order valence-corrected chi connectivity index (χ3v) is 5.30. The summed E-state index contributed by atoms with van der Waals surface area (Å²) in [5.74, 6) is 0.767. The van der Waals surface area contributed by atoms with Gasteiger partial charge in [0.05, 0.1) is 11.7 Å². The summed E-state index contributed by atoms with van der Waals surface area (Å²) in [6.45, 7) is 3.15. The van der Waals surface area contributed by atoms with E-state index in [1.54, 1.807) is 11.3 Å². The Balaban J connectivity index is 1.61. The molecular formula is C14H21N3OS. The molecule has 4 nitrogen and oxygen atoms in total. The first kappa shape index (κ1) is 13.1. The van der Waals surface area contributed by atoms with Crippen molar-refractivity contribution >= 4 is 22.4 Å². The quantitative estimate of drug-likeness (QED) is 0.893. The number of carbonyl (C=O) groups excluding carboxylic acids is 1. The molecule has 2 aliphatic rings. The summed E-state index contributed by atoms with van der Waals surface area (Å²) in [5, 5.41) is 7.10. The first-order valence-electron chi connectivity index (χ1n) is 7.29. The van der Waals surface area contributed by atoms with Gasteiger partial charge in [-0.1, -0.05) is 13.3 Å². The molecule has 1 aromatic rings. The lowest BCUT2D eigenvalue weighted by Crippen LogP contribution is -2.46. The highest BCUT2D eigenvalue weighted by molar-refractivity contribution is 7.15. The molecule has 2 atom stereocenters. The highest BCUT2D eigenvalue weighted by Gasteiger charge is 2.27. The second-order valence-electron chi connectivity index (χ2n) is 5.54. The van der Waals surface area contributed by atoms with E-state index < -0.39 is 0 Å². The minimum Gasteiger partial charge on any atom is -0.306 e. The number of hydrogen-bond donors (Lipinski definition) is 2. The highest BCUT2D eigenvalue weighted by atomic mass is 32.1. The summed E-state index contributed by atoms with van der Waals surface area (Å²) in [6, 6.07) is -0.0440. The van der Waals surface area contributed by atoms with Crippen LogP contribution in [0.4, 0.5) is 5.13 Å². The highest BCUT2D eigenvalue weighted by Crippen LogP contribution is 2.30. The summed E-state index contributed by atoms with van der Waals surface area (Å²) in [5.41, 5.74) is 1.20. The van der Waals surface area contributed by atoms with Crippen molar-refractivity contribution < 1.29 is 4.79 Å². The Morgan fingerprint density at radius 3 is 3.21 bits per heavy atom. The predicted octanol–water partition coefficient (Wildman–Crippen LogP) is 2.35. The van der Waals surface area contributed by atoms with Crippen LogP contribution in [0.5, 0.6) is 0 Å². The molecule has 1 aliphatic heterocycles. The van der Waals surface area contributed by atoms with Gasteiger partial charge in [0, 0.05) is 4.88 Å². The standard InChI is InChI=1S/C14H21N3OS/c1-2-9-6-7-15-11(8-9)13(18)17-14-16-10-4-3-5-12(10)19-14/h9,11,15H,2-8H2,1H3,(H,16,17,18). The van der Waals surface area contributed by atoms with Gasteiger partial charge >= 0.3 is 0 Å². The zero-order valence-corrected chi connectivity index (χ0v) is 12.2. The maximum Gasteiger partial charge on any atom is 0.243 e. The van der Waals surface area contributed by atoms with E-state index in [0.29, 0.717) is 5.92 Å². The molecule has 2 heterocycles. The molecule has 1 fully saturated rings. The fourth-order valence-corrected chi connectivity index (χ4v) is 4.06. The van der Waals surface area contributed by atoms with Crippen LogP contribution in [0.3, 0.4) is 0 Å². The fourth-order valence-electron chi connectivity index (χ4n) is 3.00. The minimum atomic E-state index is -0.0440. The molecule has 0 bridgehead atoms. The van der Waals surface area contributed by atoms with Crippen molar-refractivity contribution in [1.82, 2.24) is 10.3 Å². The second kappa shape index (κ2) is 5.59. The predicted molar refractivity (Wildman–Crippen MR) is 77.6 cm³/mol. The smallest absolute Gasteiger partial charge is 0.243 e. The first-order chi connectivity index (χ1) is 9.26. The van der Waals surface area contributed by atoms with Crippen molar-refractivity contribution in [3.63, 3.8) is 0 Å². The summed E-state index contributed by atoms with van der Waals surface area (Å²) in [6.07, 6.45) is 6.71. The van der Waals surface area contributed by atoms with E-state index >= 15 is 0 Å². The Morgan fingerprint density at radius 1 is 1.53 bits per heavy atom. The van der Waals surface area contributed by atoms with Crippen molar-refractivity contribution in [2.75, 3.05) is 11.9 Å². The molecule has 3 rings (SSSR count). The van der Waals surface area contributed by atoms with Crippen LogP contribution in [0.1, 0.15) is 43.2 Å². The van der Waals surface area contributed by atoms with E-state index in [1.165, 1.54) is 23.4 Å². The molecule has 104 valence electrons. The largest absolute Gasteiger partial charge is 0.306 e. The van der Waals surface area contributed by atoms with Crippen molar-refractivity contribution in [2.24, 2.45) is 5.92 Å². The number of hydrogen-bond acceptors (Lipinski definition) is 4. The molecular weight excluding hydrogens is 258 g/mol. The van der Waals surface area contributed by atoms with E-state index in [0.717, 1.165) is 37.4 Å². The van der Waals surface area contributed by atoms with Gasteiger partial charge in [-0.3, -0.25) is 4.79 Å². The van der Waals surface area contributed by atoms with E-state index in [1.807, 2.05) is 0 Å². The lowest BCUT2D eigenvalue weighted by Gasteiger charge is -2.28. The van der Waals surface area contributed by atoms with Crippen LogP contribution in [-0.4, -0.2) is 23.5 Å². The molecule has 2 unspecified atom stereocenters. The van der Waals surface area contributed by atoms with Gasteiger partial charge < -0.3 is 10.6 Å². The van der Waals surface area contributed by atoms with Gasteiger partial charge in [-0.2, -0.15) is 0 Å². The summed E-state index contributed by atoms with van der Waals surface area (Å²) >= 11 is 1.65. The number of rotatable bonds is 3. The molecule has 19 heavy (non-hydrogen) atoms. The summed E-state index contributed by atoms with van der Waals surface area (Å²) in [4.78, 5) is 18.1. The van der Waals surface area contributed by atoms with Crippen LogP contribution < -0.4 is 10.6 Å². The van der Waals surface area contributed by atoms with Crippen LogP contribution in [0, 0.1) is 5.92 Å². The molecule has 0 spiro atoms. The number of piperidine rings is 1. The molecule has 0 radical (unpaired) electrons. The van der Waals surface area contributed by atoms with E-state index in [4.69, 9.17) is 0 Å².